The number of aliphatic carboxylic acids is 1. The van der Waals surface area contributed by atoms with E-state index in [-0.39, 0.29) is 32.0 Å². The third-order valence-electron chi connectivity index (χ3n) is 3.22. The molecule has 1 aliphatic heterocycles. The van der Waals surface area contributed by atoms with Gasteiger partial charge < -0.3 is 25.5 Å². The van der Waals surface area contributed by atoms with E-state index in [4.69, 9.17) is 5.11 Å². The lowest BCUT2D eigenvalue weighted by Gasteiger charge is -2.36. The van der Waals surface area contributed by atoms with Gasteiger partial charge in [-0.25, -0.2) is 4.79 Å². The Morgan fingerprint density at radius 2 is 2.14 bits per heavy atom. The molecule has 0 radical (unpaired) electrons. The first kappa shape index (κ1) is 16.7. The van der Waals surface area contributed by atoms with Crippen LogP contribution in [0.1, 0.15) is 12.8 Å². The van der Waals surface area contributed by atoms with Crippen LogP contribution in [0.4, 0.5) is 4.79 Å². The highest BCUT2D eigenvalue weighted by molar-refractivity contribution is 5.91. The zero-order valence-electron chi connectivity index (χ0n) is 12.1. The number of carboxylic acids is 1. The second-order valence-corrected chi connectivity index (χ2v) is 4.73. The van der Waals surface area contributed by atoms with Gasteiger partial charge in [-0.1, -0.05) is 0 Å². The Morgan fingerprint density at radius 3 is 2.71 bits per heavy atom. The fourth-order valence-corrected chi connectivity index (χ4v) is 2.02. The molecule has 0 spiro atoms. The van der Waals surface area contributed by atoms with E-state index in [1.807, 2.05) is 0 Å². The van der Waals surface area contributed by atoms with Crippen LogP contribution in [0, 0.1) is 0 Å². The highest BCUT2D eigenvalue weighted by atomic mass is 16.4. The van der Waals surface area contributed by atoms with E-state index in [2.05, 4.69) is 10.6 Å². The summed E-state index contributed by atoms with van der Waals surface area (Å²) in [5, 5.41) is 13.8. The van der Waals surface area contributed by atoms with E-state index in [0.717, 1.165) is 0 Å². The number of carbonyl (C=O) groups is 4. The summed E-state index contributed by atoms with van der Waals surface area (Å²) in [4.78, 5) is 48.5. The van der Waals surface area contributed by atoms with Crippen LogP contribution in [-0.2, 0) is 14.4 Å². The molecule has 0 aromatic rings. The van der Waals surface area contributed by atoms with Crippen LogP contribution in [-0.4, -0.2) is 78.5 Å². The molecule has 1 atom stereocenters. The van der Waals surface area contributed by atoms with Crippen LogP contribution in [0.5, 0.6) is 0 Å². The molecule has 1 heterocycles. The number of piperazine rings is 1. The third-order valence-corrected chi connectivity index (χ3v) is 3.22. The first-order valence-electron chi connectivity index (χ1n) is 6.58. The SMILES string of the molecule is CNC(=O)CCN(C)C(=O)N1CCNC(=O)C1CC(=O)O. The quantitative estimate of drug-likeness (QED) is 0.568. The van der Waals surface area contributed by atoms with Gasteiger partial charge in [0.15, 0.2) is 0 Å². The van der Waals surface area contributed by atoms with E-state index >= 15 is 0 Å². The van der Waals surface area contributed by atoms with Gasteiger partial charge in [-0.15, -0.1) is 0 Å². The first-order chi connectivity index (χ1) is 9.86. The monoisotopic (exact) mass is 300 g/mol. The summed E-state index contributed by atoms with van der Waals surface area (Å²) in [6, 6.07) is -1.48. The number of urea groups is 1. The molecule has 1 aliphatic rings. The van der Waals surface area contributed by atoms with Crippen molar-refractivity contribution in [2.24, 2.45) is 0 Å². The lowest BCUT2D eigenvalue weighted by Crippen LogP contribution is -2.60. The molecular weight excluding hydrogens is 280 g/mol. The van der Waals surface area contributed by atoms with E-state index in [0.29, 0.717) is 0 Å². The number of amides is 4. The number of rotatable bonds is 5. The first-order valence-corrected chi connectivity index (χ1v) is 6.58. The maximum absolute atomic E-state index is 12.3. The number of carboxylic acid groups (broad SMARTS) is 1. The average Bonchev–Trinajstić information content (AvgIpc) is 2.45. The summed E-state index contributed by atoms with van der Waals surface area (Å²) in [6.07, 6.45) is -0.302. The maximum atomic E-state index is 12.3. The molecule has 9 nitrogen and oxygen atoms in total. The Labute approximate surface area is 122 Å². The molecule has 3 N–H and O–H groups in total. The van der Waals surface area contributed by atoms with Crippen molar-refractivity contribution in [2.45, 2.75) is 18.9 Å². The summed E-state index contributed by atoms with van der Waals surface area (Å²) in [5.74, 6) is -1.83. The van der Waals surface area contributed by atoms with Crippen molar-refractivity contribution in [1.82, 2.24) is 20.4 Å². The molecule has 118 valence electrons. The Morgan fingerprint density at radius 1 is 1.48 bits per heavy atom. The number of nitrogens with zero attached hydrogens (tertiary/aromatic N) is 2. The van der Waals surface area contributed by atoms with E-state index < -0.39 is 30.4 Å². The molecular formula is C12H20N4O5. The average molecular weight is 300 g/mol. The van der Waals surface area contributed by atoms with E-state index in [9.17, 15) is 19.2 Å². The minimum absolute atomic E-state index is 0.141. The minimum atomic E-state index is -1.15. The fourth-order valence-electron chi connectivity index (χ4n) is 2.02. The topological polar surface area (TPSA) is 119 Å². The zero-order chi connectivity index (χ0) is 16.0. The van der Waals surface area contributed by atoms with Gasteiger partial charge in [0, 0.05) is 40.2 Å². The number of hydrogen-bond acceptors (Lipinski definition) is 4. The van der Waals surface area contributed by atoms with Gasteiger partial charge in [0.2, 0.25) is 11.8 Å². The smallest absolute Gasteiger partial charge is 0.320 e. The molecule has 1 rings (SSSR count). The third kappa shape index (κ3) is 4.62. The van der Waals surface area contributed by atoms with Crippen molar-refractivity contribution in [1.29, 1.82) is 0 Å². The van der Waals surface area contributed by atoms with Crippen LogP contribution < -0.4 is 10.6 Å². The van der Waals surface area contributed by atoms with E-state index in [1.54, 1.807) is 0 Å². The molecule has 0 aromatic heterocycles. The molecule has 0 bridgehead atoms. The Balaban J connectivity index is 2.70. The summed E-state index contributed by atoms with van der Waals surface area (Å²) in [5.41, 5.74) is 0. The van der Waals surface area contributed by atoms with Crippen molar-refractivity contribution in [3.05, 3.63) is 0 Å². The molecule has 0 aromatic carbocycles. The Hall–Kier alpha value is -2.32. The molecule has 1 unspecified atom stereocenters. The summed E-state index contributed by atoms with van der Waals surface area (Å²) in [7, 11) is 3.01. The molecule has 1 saturated heterocycles. The maximum Gasteiger partial charge on any atom is 0.320 e. The largest absolute Gasteiger partial charge is 0.481 e. The predicted molar refractivity (Wildman–Crippen MR) is 72.5 cm³/mol. The lowest BCUT2D eigenvalue weighted by molar-refractivity contribution is -0.142. The minimum Gasteiger partial charge on any atom is -0.481 e. The standard InChI is InChI=1S/C12H20N4O5/c1-13-9(17)3-5-15(2)12(21)16-6-4-14-11(20)8(16)7-10(18)19/h8H,3-7H2,1-2H3,(H,13,17)(H,14,20)(H,18,19). The van der Waals surface area contributed by atoms with Gasteiger partial charge >= 0.3 is 12.0 Å². The fraction of sp³-hybridized carbons (Fsp3) is 0.667. The van der Waals surface area contributed by atoms with Gasteiger partial charge in [0.1, 0.15) is 6.04 Å². The van der Waals surface area contributed by atoms with Crippen molar-refractivity contribution in [3.8, 4) is 0 Å². The second-order valence-electron chi connectivity index (χ2n) is 4.73. The summed E-state index contributed by atoms with van der Waals surface area (Å²) in [6.45, 7) is 0.716. The van der Waals surface area contributed by atoms with Crippen LogP contribution >= 0.6 is 0 Å². The molecule has 9 heteroatoms. The van der Waals surface area contributed by atoms with Crippen molar-refractivity contribution < 1.29 is 24.3 Å². The Bertz CT molecular complexity index is 439. The van der Waals surface area contributed by atoms with Gasteiger partial charge in [0.25, 0.3) is 0 Å². The molecule has 4 amide bonds. The predicted octanol–water partition coefficient (Wildman–Crippen LogP) is -1.55. The second kappa shape index (κ2) is 7.46. The normalized spacial score (nSPS) is 17.9. The molecule has 21 heavy (non-hydrogen) atoms. The number of carbonyl (C=O) groups excluding carboxylic acids is 3. The highest BCUT2D eigenvalue weighted by Crippen LogP contribution is 2.11. The summed E-state index contributed by atoms with van der Waals surface area (Å²) < 4.78 is 0. The van der Waals surface area contributed by atoms with Gasteiger partial charge in [-0.05, 0) is 0 Å². The summed E-state index contributed by atoms with van der Waals surface area (Å²) >= 11 is 0. The highest BCUT2D eigenvalue weighted by Gasteiger charge is 2.35. The zero-order valence-corrected chi connectivity index (χ0v) is 12.1. The van der Waals surface area contributed by atoms with Crippen molar-refractivity contribution in [2.75, 3.05) is 33.7 Å². The van der Waals surface area contributed by atoms with Gasteiger partial charge in [0.05, 0.1) is 6.42 Å². The molecule has 1 fully saturated rings. The lowest BCUT2D eigenvalue weighted by atomic mass is 10.1. The number of hydrogen-bond donors (Lipinski definition) is 3. The van der Waals surface area contributed by atoms with Crippen LogP contribution in [0.15, 0.2) is 0 Å². The number of nitrogens with one attached hydrogen (secondary N) is 2. The van der Waals surface area contributed by atoms with Crippen LogP contribution in [0.3, 0.4) is 0 Å². The van der Waals surface area contributed by atoms with Crippen LogP contribution in [0.25, 0.3) is 0 Å². The van der Waals surface area contributed by atoms with Gasteiger partial charge in [-0.2, -0.15) is 0 Å². The molecule has 0 aliphatic carbocycles. The molecule has 0 saturated carbocycles. The van der Waals surface area contributed by atoms with Crippen molar-refractivity contribution in [3.63, 3.8) is 0 Å². The van der Waals surface area contributed by atoms with E-state index in [1.165, 1.54) is 23.9 Å². The Kier molecular flexibility index (Phi) is 5.94. The van der Waals surface area contributed by atoms with Crippen LogP contribution in [0.2, 0.25) is 0 Å². The van der Waals surface area contributed by atoms with Crippen molar-refractivity contribution >= 4 is 23.8 Å². The van der Waals surface area contributed by atoms with Gasteiger partial charge in [-0.3, -0.25) is 14.4 Å².